The second-order valence-electron chi connectivity index (χ2n) is 6.83. The Kier molecular flexibility index (Phi) is 6.34. The average Bonchev–Trinajstić information content (AvgIpc) is 3.20. The monoisotopic (exact) mass is 448 g/mol. The molecule has 1 aliphatic rings. The highest BCUT2D eigenvalue weighted by Crippen LogP contribution is 2.43. The highest BCUT2D eigenvalue weighted by molar-refractivity contribution is 7.71. The highest BCUT2D eigenvalue weighted by Gasteiger charge is 2.36. The SMILES string of the molecule is CCC(=O)N1N=C(c2c(O)n(C)c(=S)[nH]c2=O)CC1c1cc(OC)c(OC)c(OC)c1. The molecule has 2 N–H and O–H groups in total. The summed E-state index contributed by atoms with van der Waals surface area (Å²) in [5, 5.41) is 16.2. The maximum atomic E-state index is 12.7. The summed E-state index contributed by atoms with van der Waals surface area (Å²) in [5.74, 6) is 0.716. The van der Waals surface area contributed by atoms with Crippen LogP contribution in [-0.4, -0.2) is 52.6 Å². The predicted molar refractivity (Wildman–Crippen MR) is 116 cm³/mol. The van der Waals surface area contributed by atoms with Crippen molar-refractivity contribution in [2.75, 3.05) is 21.3 Å². The lowest BCUT2D eigenvalue weighted by Gasteiger charge is -2.23. The van der Waals surface area contributed by atoms with Gasteiger partial charge in [-0.15, -0.1) is 0 Å². The van der Waals surface area contributed by atoms with E-state index in [1.807, 2.05) is 0 Å². The van der Waals surface area contributed by atoms with Crippen LogP contribution in [0.15, 0.2) is 22.0 Å². The molecule has 0 aliphatic carbocycles. The van der Waals surface area contributed by atoms with Crippen LogP contribution in [0, 0.1) is 4.77 Å². The van der Waals surface area contributed by atoms with Gasteiger partial charge in [-0.25, -0.2) is 5.01 Å². The van der Waals surface area contributed by atoms with Gasteiger partial charge in [-0.2, -0.15) is 5.10 Å². The summed E-state index contributed by atoms with van der Waals surface area (Å²) in [6, 6.07) is 2.93. The fraction of sp³-hybridized carbons (Fsp3) is 0.400. The van der Waals surface area contributed by atoms with Gasteiger partial charge in [0.1, 0.15) is 5.56 Å². The first-order valence-electron chi connectivity index (χ1n) is 9.49. The first-order chi connectivity index (χ1) is 14.8. The second-order valence-corrected chi connectivity index (χ2v) is 7.22. The van der Waals surface area contributed by atoms with E-state index in [-0.39, 0.29) is 40.7 Å². The molecule has 166 valence electrons. The molecule has 0 bridgehead atoms. The maximum absolute atomic E-state index is 12.7. The van der Waals surface area contributed by atoms with Crippen LogP contribution in [0.25, 0.3) is 0 Å². The molecule has 1 aromatic carbocycles. The van der Waals surface area contributed by atoms with Gasteiger partial charge in [0, 0.05) is 19.9 Å². The van der Waals surface area contributed by atoms with Crippen molar-refractivity contribution in [2.24, 2.45) is 12.1 Å². The zero-order chi connectivity index (χ0) is 22.9. The number of H-pyrrole nitrogens is 1. The Morgan fingerprint density at radius 1 is 1.26 bits per heavy atom. The average molecular weight is 449 g/mol. The van der Waals surface area contributed by atoms with Crippen molar-refractivity contribution in [2.45, 2.75) is 25.8 Å². The summed E-state index contributed by atoms with van der Waals surface area (Å²) in [6.07, 6.45) is 0.400. The number of aromatic amines is 1. The number of benzene rings is 1. The molecule has 11 heteroatoms. The largest absolute Gasteiger partial charge is 0.494 e. The van der Waals surface area contributed by atoms with E-state index in [0.29, 0.717) is 22.8 Å². The van der Waals surface area contributed by atoms with Crippen molar-refractivity contribution < 1.29 is 24.1 Å². The molecule has 1 aliphatic heterocycles. The van der Waals surface area contributed by atoms with Crippen LogP contribution in [0.1, 0.15) is 36.9 Å². The maximum Gasteiger partial charge on any atom is 0.264 e. The number of aromatic hydroxyl groups is 1. The molecule has 0 spiro atoms. The number of nitrogens with one attached hydrogen (secondary N) is 1. The van der Waals surface area contributed by atoms with Crippen LogP contribution in [0.4, 0.5) is 0 Å². The second kappa shape index (κ2) is 8.80. The lowest BCUT2D eigenvalue weighted by atomic mass is 9.98. The molecule has 2 heterocycles. The van der Waals surface area contributed by atoms with Crippen LogP contribution in [-0.2, 0) is 11.8 Å². The van der Waals surface area contributed by atoms with Crippen molar-refractivity contribution >= 4 is 23.8 Å². The fourth-order valence-corrected chi connectivity index (χ4v) is 3.65. The minimum atomic E-state index is -0.575. The lowest BCUT2D eigenvalue weighted by Crippen LogP contribution is -2.26. The van der Waals surface area contributed by atoms with Gasteiger partial charge in [0.25, 0.3) is 5.56 Å². The normalized spacial score (nSPS) is 15.6. The zero-order valence-electron chi connectivity index (χ0n) is 17.9. The smallest absolute Gasteiger partial charge is 0.264 e. The lowest BCUT2D eigenvalue weighted by molar-refractivity contribution is -0.132. The van der Waals surface area contributed by atoms with E-state index in [1.165, 1.54) is 38.0 Å². The van der Waals surface area contributed by atoms with Gasteiger partial charge in [-0.1, -0.05) is 6.92 Å². The Labute approximate surface area is 183 Å². The topological polar surface area (TPSA) is 118 Å². The zero-order valence-corrected chi connectivity index (χ0v) is 18.7. The molecule has 0 saturated carbocycles. The molecule has 1 unspecified atom stereocenters. The Bertz CT molecular complexity index is 1140. The minimum absolute atomic E-state index is 0.0278. The van der Waals surface area contributed by atoms with E-state index in [4.69, 9.17) is 26.4 Å². The molecule has 3 rings (SSSR count). The van der Waals surface area contributed by atoms with Crippen molar-refractivity contribution in [1.29, 1.82) is 0 Å². The summed E-state index contributed by atoms with van der Waals surface area (Å²) in [7, 11) is 6.03. The van der Waals surface area contributed by atoms with Crippen LogP contribution in [0.3, 0.4) is 0 Å². The summed E-state index contributed by atoms with van der Waals surface area (Å²) in [5.41, 5.74) is 0.342. The van der Waals surface area contributed by atoms with E-state index >= 15 is 0 Å². The number of carbonyl (C=O) groups is 1. The van der Waals surface area contributed by atoms with Crippen LogP contribution >= 0.6 is 12.2 Å². The number of hydrazone groups is 1. The van der Waals surface area contributed by atoms with Crippen LogP contribution < -0.4 is 19.8 Å². The summed E-state index contributed by atoms with van der Waals surface area (Å²) in [6.45, 7) is 1.72. The van der Waals surface area contributed by atoms with E-state index in [9.17, 15) is 14.7 Å². The van der Waals surface area contributed by atoms with Crippen molar-refractivity contribution in [3.05, 3.63) is 38.4 Å². The number of aromatic nitrogens is 2. The van der Waals surface area contributed by atoms with Gasteiger partial charge in [-0.3, -0.25) is 19.1 Å². The Balaban J connectivity index is 2.15. The fourth-order valence-electron chi connectivity index (χ4n) is 3.48. The molecular weight excluding hydrogens is 424 g/mol. The Hall–Kier alpha value is -3.34. The number of rotatable bonds is 6. The number of carbonyl (C=O) groups excluding carboxylic acids is 1. The molecule has 1 amide bonds. The summed E-state index contributed by atoms with van der Waals surface area (Å²) < 4.78 is 17.6. The predicted octanol–water partition coefficient (Wildman–Crippen LogP) is 2.26. The standard InChI is InChI=1S/C20H24N4O6S/c1-6-15(25)24-12(10-7-13(28-3)17(30-5)14(8-10)29-4)9-11(22-24)16-18(26)21-20(31)23(2)19(16)27/h7-8,12,27H,6,9H2,1-5H3,(H,21,26,31). The first kappa shape index (κ1) is 22.3. The third-order valence-corrected chi connectivity index (χ3v) is 5.50. The summed E-state index contributed by atoms with van der Waals surface area (Å²) >= 11 is 5.03. The van der Waals surface area contributed by atoms with E-state index in [1.54, 1.807) is 19.1 Å². The minimum Gasteiger partial charge on any atom is -0.494 e. The van der Waals surface area contributed by atoms with Gasteiger partial charge in [0.15, 0.2) is 16.3 Å². The number of hydrogen-bond donors (Lipinski definition) is 2. The van der Waals surface area contributed by atoms with Gasteiger partial charge >= 0.3 is 0 Å². The van der Waals surface area contributed by atoms with Crippen LogP contribution in [0.5, 0.6) is 23.1 Å². The third kappa shape index (κ3) is 3.88. The molecule has 0 radical (unpaired) electrons. The molecule has 2 aromatic rings. The van der Waals surface area contributed by atoms with E-state index < -0.39 is 11.6 Å². The van der Waals surface area contributed by atoms with Crippen molar-refractivity contribution in [3.8, 4) is 23.1 Å². The Morgan fingerprint density at radius 3 is 2.39 bits per heavy atom. The molecular formula is C20H24N4O6S. The molecule has 0 fully saturated rings. The van der Waals surface area contributed by atoms with Gasteiger partial charge in [0.2, 0.25) is 17.5 Å². The number of nitrogens with zero attached hydrogens (tertiary/aromatic N) is 3. The highest BCUT2D eigenvalue weighted by atomic mass is 32.1. The first-order valence-corrected chi connectivity index (χ1v) is 9.90. The Morgan fingerprint density at radius 2 is 1.87 bits per heavy atom. The van der Waals surface area contributed by atoms with Gasteiger partial charge in [-0.05, 0) is 29.9 Å². The number of methoxy groups -OCH3 is 3. The molecule has 0 saturated heterocycles. The van der Waals surface area contributed by atoms with Crippen LogP contribution in [0.2, 0.25) is 0 Å². The molecule has 1 aromatic heterocycles. The number of hydrogen-bond acceptors (Lipinski definition) is 8. The number of ether oxygens (including phenoxy) is 3. The van der Waals surface area contributed by atoms with E-state index in [0.717, 1.165) is 0 Å². The summed E-state index contributed by atoms with van der Waals surface area (Å²) in [4.78, 5) is 27.7. The van der Waals surface area contributed by atoms with Gasteiger partial charge in [0.05, 0.1) is 33.1 Å². The number of amides is 1. The van der Waals surface area contributed by atoms with Crippen molar-refractivity contribution in [3.63, 3.8) is 0 Å². The quantitative estimate of drug-likeness (QED) is 0.651. The molecule has 10 nitrogen and oxygen atoms in total. The van der Waals surface area contributed by atoms with E-state index in [2.05, 4.69) is 10.1 Å². The van der Waals surface area contributed by atoms with Crippen molar-refractivity contribution in [1.82, 2.24) is 14.6 Å². The molecule has 31 heavy (non-hydrogen) atoms. The third-order valence-electron chi connectivity index (χ3n) is 5.12. The molecule has 1 atom stereocenters. The van der Waals surface area contributed by atoms with Gasteiger partial charge < -0.3 is 19.3 Å².